The molecule has 132 valence electrons. The summed E-state index contributed by atoms with van der Waals surface area (Å²) >= 11 is 3.48. The molecule has 7 nitrogen and oxygen atoms in total. The molecule has 8 heteroatoms. The van der Waals surface area contributed by atoms with Crippen LogP contribution in [0.5, 0.6) is 11.5 Å². The van der Waals surface area contributed by atoms with Gasteiger partial charge in [0, 0.05) is 17.2 Å². The van der Waals surface area contributed by atoms with E-state index in [2.05, 4.69) is 27.8 Å². The second-order valence-electron chi connectivity index (χ2n) is 5.55. The van der Waals surface area contributed by atoms with Gasteiger partial charge in [0.2, 0.25) is 6.79 Å². The van der Waals surface area contributed by atoms with E-state index in [9.17, 15) is 9.59 Å². The lowest BCUT2D eigenvalue weighted by Gasteiger charge is -2.33. The van der Waals surface area contributed by atoms with Crippen molar-refractivity contribution in [2.75, 3.05) is 20.4 Å². The smallest absolute Gasteiger partial charge is 0.338 e. The molecule has 2 aliphatic rings. The minimum absolute atomic E-state index is 0.0856. The fourth-order valence-electron chi connectivity index (χ4n) is 2.70. The van der Waals surface area contributed by atoms with Gasteiger partial charge in [-0.05, 0) is 24.6 Å². The van der Waals surface area contributed by atoms with E-state index in [0.29, 0.717) is 32.8 Å². The predicted octanol–water partition coefficient (Wildman–Crippen LogP) is 2.88. The molecule has 0 fully saturated rings. The first-order valence-corrected chi connectivity index (χ1v) is 8.35. The monoisotopic (exact) mass is 408 g/mol. The fraction of sp³-hybridized carbons (Fsp3) is 0.294. The molecule has 0 aliphatic carbocycles. The van der Waals surface area contributed by atoms with Crippen LogP contribution in [0.15, 0.2) is 40.5 Å². The number of fused-ring (bicyclic) bond motifs is 1. The molecule has 1 aromatic rings. The maximum atomic E-state index is 12.6. The van der Waals surface area contributed by atoms with Crippen LogP contribution >= 0.6 is 15.9 Å². The SMILES string of the molecule is C=CCOC(=O)C1=C(C)N(C)C(=O)N[C@H]1c1cc2c(cc1Br)OCO2. The summed E-state index contributed by atoms with van der Waals surface area (Å²) in [6, 6.07) is 2.51. The van der Waals surface area contributed by atoms with Crippen molar-refractivity contribution in [3.63, 3.8) is 0 Å². The molecule has 25 heavy (non-hydrogen) atoms. The van der Waals surface area contributed by atoms with E-state index >= 15 is 0 Å². The Morgan fingerprint density at radius 2 is 2.16 bits per heavy atom. The second-order valence-corrected chi connectivity index (χ2v) is 6.41. The summed E-state index contributed by atoms with van der Waals surface area (Å²) in [5.74, 6) is 0.646. The minimum atomic E-state index is -0.676. The topological polar surface area (TPSA) is 77.1 Å². The lowest BCUT2D eigenvalue weighted by atomic mass is 9.94. The summed E-state index contributed by atoms with van der Waals surface area (Å²) in [5, 5.41) is 2.83. The zero-order valence-corrected chi connectivity index (χ0v) is 15.4. The van der Waals surface area contributed by atoms with E-state index < -0.39 is 12.0 Å². The molecule has 2 amide bonds. The van der Waals surface area contributed by atoms with Crippen molar-refractivity contribution in [2.24, 2.45) is 0 Å². The number of benzene rings is 1. The summed E-state index contributed by atoms with van der Waals surface area (Å²) in [7, 11) is 1.59. The second kappa shape index (κ2) is 6.79. The number of nitrogens with zero attached hydrogens (tertiary/aromatic N) is 1. The van der Waals surface area contributed by atoms with E-state index in [0.717, 1.165) is 0 Å². The molecule has 1 atom stereocenters. The first-order valence-electron chi connectivity index (χ1n) is 7.56. The first-order chi connectivity index (χ1) is 11.9. The molecule has 2 aliphatic heterocycles. The molecule has 3 rings (SSSR count). The van der Waals surface area contributed by atoms with Gasteiger partial charge in [-0.15, -0.1) is 0 Å². The molecule has 2 heterocycles. The Kier molecular flexibility index (Phi) is 4.71. The number of carbonyl (C=O) groups excluding carboxylic acids is 2. The van der Waals surface area contributed by atoms with Crippen molar-refractivity contribution in [1.82, 2.24) is 10.2 Å². The van der Waals surface area contributed by atoms with Crippen LogP contribution < -0.4 is 14.8 Å². The predicted molar refractivity (Wildman–Crippen MR) is 93.2 cm³/mol. The van der Waals surface area contributed by atoms with Crippen molar-refractivity contribution in [3.8, 4) is 11.5 Å². The van der Waals surface area contributed by atoms with Crippen LogP contribution in [0.1, 0.15) is 18.5 Å². The minimum Gasteiger partial charge on any atom is -0.458 e. The number of urea groups is 1. The highest BCUT2D eigenvalue weighted by molar-refractivity contribution is 9.10. The Balaban J connectivity index is 2.07. The van der Waals surface area contributed by atoms with E-state index in [1.165, 1.54) is 11.0 Å². The highest BCUT2D eigenvalue weighted by Crippen LogP contribution is 2.42. The summed E-state index contributed by atoms with van der Waals surface area (Å²) < 4.78 is 16.6. The average Bonchev–Trinajstić information content (AvgIpc) is 3.03. The number of hydrogen-bond acceptors (Lipinski definition) is 5. The number of carbonyl (C=O) groups is 2. The Bertz CT molecular complexity index is 789. The highest BCUT2D eigenvalue weighted by atomic mass is 79.9. The quantitative estimate of drug-likeness (QED) is 0.612. The number of amides is 2. The highest BCUT2D eigenvalue weighted by Gasteiger charge is 2.36. The molecule has 0 bridgehead atoms. The maximum Gasteiger partial charge on any atom is 0.338 e. The number of allylic oxidation sites excluding steroid dienone is 1. The molecule has 1 aromatic carbocycles. The lowest BCUT2D eigenvalue weighted by molar-refractivity contribution is -0.138. The van der Waals surface area contributed by atoms with Gasteiger partial charge in [0.15, 0.2) is 11.5 Å². The molecule has 1 N–H and O–H groups in total. The van der Waals surface area contributed by atoms with E-state index in [-0.39, 0.29) is 19.4 Å². The lowest BCUT2D eigenvalue weighted by Crippen LogP contribution is -2.46. The summed E-state index contributed by atoms with van der Waals surface area (Å²) in [6.07, 6.45) is 1.49. The molecule has 0 radical (unpaired) electrons. The van der Waals surface area contributed by atoms with E-state index in [1.54, 1.807) is 26.1 Å². The molecule has 0 saturated carbocycles. The van der Waals surface area contributed by atoms with Gasteiger partial charge in [-0.3, -0.25) is 0 Å². The Labute approximate surface area is 153 Å². The molecular weight excluding hydrogens is 392 g/mol. The zero-order chi connectivity index (χ0) is 18.1. The van der Waals surface area contributed by atoms with Gasteiger partial charge < -0.3 is 24.4 Å². The zero-order valence-electron chi connectivity index (χ0n) is 13.8. The number of rotatable bonds is 4. The van der Waals surface area contributed by atoms with Crippen LogP contribution in [-0.2, 0) is 9.53 Å². The van der Waals surface area contributed by atoms with Gasteiger partial charge in [0.1, 0.15) is 6.61 Å². The van der Waals surface area contributed by atoms with Gasteiger partial charge in [-0.25, -0.2) is 9.59 Å². The van der Waals surface area contributed by atoms with E-state index in [1.807, 2.05) is 0 Å². The average molecular weight is 409 g/mol. The molecular formula is C17H17BrN2O5. The standard InChI is InChI=1S/C17H17BrN2O5/c1-4-5-23-16(21)14-9(2)20(3)17(22)19-15(14)10-6-12-13(7-11(10)18)25-8-24-12/h4,6-7,15H,1,5,8H2,2-3H3,(H,19,22)/t15-/m0/s1. The van der Waals surface area contributed by atoms with Crippen molar-refractivity contribution < 1.29 is 23.8 Å². The molecule has 0 unspecified atom stereocenters. The largest absolute Gasteiger partial charge is 0.458 e. The number of hydrogen-bond donors (Lipinski definition) is 1. The van der Waals surface area contributed by atoms with Crippen LogP contribution in [0, 0.1) is 0 Å². The first kappa shape index (κ1) is 17.3. The van der Waals surface area contributed by atoms with E-state index in [4.69, 9.17) is 14.2 Å². The van der Waals surface area contributed by atoms with Crippen LogP contribution in [0.25, 0.3) is 0 Å². The third kappa shape index (κ3) is 3.09. The normalized spacial score (nSPS) is 18.9. The molecule has 0 aromatic heterocycles. The third-order valence-corrected chi connectivity index (χ3v) is 4.80. The van der Waals surface area contributed by atoms with Crippen LogP contribution in [0.2, 0.25) is 0 Å². The maximum absolute atomic E-state index is 12.6. The number of ether oxygens (including phenoxy) is 3. The van der Waals surface area contributed by atoms with Gasteiger partial charge in [-0.2, -0.15) is 0 Å². The Hall–Kier alpha value is -2.48. The van der Waals surface area contributed by atoms with Crippen LogP contribution in [0.3, 0.4) is 0 Å². The Morgan fingerprint density at radius 1 is 1.48 bits per heavy atom. The van der Waals surface area contributed by atoms with Gasteiger partial charge in [-0.1, -0.05) is 28.6 Å². The van der Waals surface area contributed by atoms with Gasteiger partial charge in [0.25, 0.3) is 0 Å². The van der Waals surface area contributed by atoms with Crippen LogP contribution in [0.4, 0.5) is 4.79 Å². The number of halogens is 1. The van der Waals surface area contributed by atoms with Crippen molar-refractivity contribution in [2.45, 2.75) is 13.0 Å². The molecule has 0 saturated heterocycles. The fourth-order valence-corrected chi connectivity index (χ4v) is 3.25. The van der Waals surface area contributed by atoms with Crippen molar-refractivity contribution in [1.29, 1.82) is 0 Å². The third-order valence-electron chi connectivity index (χ3n) is 4.11. The van der Waals surface area contributed by atoms with Gasteiger partial charge in [0.05, 0.1) is 11.6 Å². The summed E-state index contributed by atoms with van der Waals surface area (Å²) in [4.78, 5) is 26.2. The van der Waals surface area contributed by atoms with Gasteiger partial charge >= 0.3 is 12.0 Å². The number of nitrogens with one attached hydrogen (secondary N) is 1. The number of esters is 1. The summed E-state index contributed by atoms with van der Waals surface area (Å²) in [6.45, 7) is 5.47. The van der Waals surface area contributed by atoms with Crippen molar-refractivity contribution in [3.05, 3.63) is 46.1 Å². The Morgan fingerprint density at radius 3 is 2.84 bits per heavy atom. The van der Waals surface area contributed by atoms with Crippen LogP contribution in [-0.4, -0.2) is 37.3 Å². The summed E-state index contributed by atoms with van der Waals surface area (Å²) in [5.41, 5.74) is 1.55. The van der Waals surface area contributed by atoms with Crippen molar-refractivity contribution >= 4 is 27.9 Å². The molecule has 0 spiro atoms.